The van der Waals surface area contributed by atoms with E-state index in [1.165, 1.54) is 7.11 Å². The molecule has 0 saturated carbocycles. The van der Waals surface area contributed by atoms with Gasteiger partial charge in [0.1, 0.15) is 12.4 Å². The molecule has 1 unspecified atom stereocenters. The van der Waals surface area contributed by atoms with Gasteiger partial charge in [-0.2, -0.15) is 0 Å². The molecule has 1 amide bonds. The van der Waals surface area contributed by atoms with Crippen molar-refractivity contribution >= 4 is 12.1 Å². The zero-order valence-electron chi connectivity index (χ0n) is 21.3. The van der Waals surface area contributed by atoms with Gasteiger partial charge in [0.2, 0.25) is 0 Å². The zero-order valence-corrected chi connectivity index (χ0v) is 21.3. The van der Waals surface area contributed by atoms with Crippen molar-refractivity contribution in [1.82, 2.24) is 4.90 Å². The fraction of sp³-hybridized carbons (Fsp3) is 0.481. The lowest BCUT2D eigenvalue weighted by Gasteiger charge is -2.26. The number of hydrogen-bond donors (Lipinski definition) is 1. The molecule has 0 heterocycles. The number of nitrogens with zero attached hydrogens (tertiary/aromatic N) is 1. The summed E-state index contributed by atoms with van der Waals surface area (Å²) in [6.07, 6.45) is -0.266. The second-order valence-corrected chi connectivity index (χ2v) is 9.30. The first-order chi connectivity index (χ1) is 16.6. The van der Waals surface area contributed by atoms with Crippen LogP contribution in [0.4, 0.5) is 4.79 Å². The Hall–Kier alpha value is -3.26. The highest BCUT2D eigenvalue weighted by atomic mass is 16.6. The van der Waals surface area contributed by atoms with E-state index < -0.39 is 18.2 Å². The molecule has 2 rings (SSSR count). The third-order valence-electron chi connectivity index (χ3n) is 5.27. The molecule has 1 N–H and O–H groups in total. The number of para-hydroxylation sites is 2. The van der Waals surface area contributed by atoms with E-state index in [9.17, 15) is 14.7 Å². The molecule has 1 atom stereocenters. The van der Waals surface area contributed by atoms with Crippen LogP contribution in [0.25, 0.3) is 0 Å². The predicted molar refractivity (Wildman–Crippen MR) is 133 cm³/mol. The van der Waals surface area contributed by atoms with Gasteiger partial charge < -0.3 is 29.0 Å². The summed E-state index contributed by atoms with van der Waals surface area (Å²) in [5.41, 5.74) is 0.889. The summed E-state index contributed by atoms with van der Waals surface area (Å²) >= 11 is 0. The van der Waals surface area contributed by atoms with Crippen LogP contribution in [0.15, 0.2) is 48.5 Å². The van der Waals surface area contributed by atoms with Crippen LogP contribution in [0.5, 0.6) is 17.2 Å². The topological polar surface area (TPSA) is 94.5 Å². The van der Waals surface area contributed by atoms with E-state index >= 15 is 0 Å². The fourth-order valence-corrected chi connectivity index (χ4v) is 3.25. The Morgan fingerprint density at radius 2 is 1.66 bits per heavy atom. The second kappa shape index (κ2) is 13.6. The molecule has 0 aliphatic carbocycles. The number of methoxy groups -OCH3 is 1. The summed E-state index contributed by atoms with van der Waals surface area (Å²) in [5.74, 6) is 0.500. The van der Waals surface area contributed by atoms with Gasteiger partial charge in [-0.3, -0.25) is 0 Å². The lowest BCUT2D eigenvalue weighted by Crippen LogP contribution is -2.38. The van der Waals surface area contributed by atoms with E-state index in [4.69, 9.17) is 18.9 Å². The monoisotopic (exact) mass is 487 g/mol. The SMILES string of the molecule is CCOC(Cc1ccc(OCCN(CCC(C)(C)C)C(=O)Oc2ccccc2OC)cc1)C(=O)O. The highest BCUT2D eigenvalue weighted by Gasteiger charge is 2.21. The fourth-order valence-electron chi connectivity index (χ4n) is 3.25. The molecule has 0 fully saturated rings. The number of hydrogen-bond acceptors (Lipinski definition) is 6. The minimum atomic E-state index is -0.984. The van der Waals surface area contributed by atoms with Gasteiger partial charge in [-0.05, 0) is 48.6 Å². The van der Waals surface area contributed by atoms with Crippen LogP contribution in [0, 0.1) is 5.41 Å². The van der Waals surface area contributed by atoms with Crippen LogP contribution in [0.2, 0.25) is 0 Å². The third kappa shape index (κ3) is 9.86. The number of carbonyl (C=O) groups excluding carboxylic acids is 1. The highest BCUT2D eigenvalue weighted by Crippen LogP contribution is 2.27. The minimum absolute atomic E-state index is 0.0506. The number of ether oxygens (including phenoxy) is 4. The van der Waals surface area contributed by atoms with Gasteiger partial charge in [-0.25, -0.2) is 9.59 Å². The number of carbonyl (C=O) groups is 2. The van der Waals surface area contributed by atoms with Crippen LogP contribution >= 0.6 is 0 Å². The van der Waals surface area contributed by atoms with Gasteiger partial charge in [0, 0.05) is 19.6 Å². The first-order valence-electron chi connectivity index (χ1n) is 11.8. The lowest BCUT2D eigenvalue weighted by atomic mass is 9.92. The standard InChI is InChI=1S/C27H37NO7/c1-6-33-24(25(29)30)19-20-11-13-21(14-12-20)34-18-17-28(16-15-27(2,3)4)26(31)35-23-10-8-7-9-22(23)32-5/h7-14,24H,6,15-19H2,1-5H3,(H,29,30). The molecule has 35 heavy (non-hydrogen) atoms. The van der Waals surface area contributed by atoms with Crippen molar-refractivity contribution in [2.24, 2.45) is 5.41 Å². The Bertz CT molecular complexity index is 937. The van der Waals surface area contributed by atoms with E-state index in [1.807, 2.05) is 18.2 Å². The maximum absolute atomic E-state index is 12.9. The normalized spacial score (nSPS) is 12.0. The van der Waals surface area contributed by atoms with E-state index in [0.717, 1.165) is 12.0 Å². The van der Waals surface area contributed by atoms with Gasteiger partial charge in [-0.15, -0.1) is 0 Å². The maximum Gasteiger partial charge on any atom is 0.415 e. The first-order valence-corrected chi connectivity index (χ1v) is 11.8. The Kier molecular flexibility index (Phi) is 10.9. The first kappa shape index (κ1) is 28.0. The molecule has 8 heteroatoms. The predicted octanol–water partition coefficient (Wildman–Crippen LogP) is 5.04. The lowest BCUT2D eigenvalue weighted by molar-refractivity contribution is -0.149. The van der Waals surface area contributed by atoms with Gasteiger partial charge in [-0.1, -0.05) is 45.0 Å². The summed E-state index contributed by atoms with van der Waals surface area (Å²) in [4.78, 5) is 25.8. The number of amides is 1. The van der Waals surface area contributed by atoms with Gasteiger partial charge in [0.25, 0.3) is 0 Å². The molecule has 2 aromatic carbocycles. The number of benzene rings is 2. The van der Waals surface area contributed by atoms with Crippen molar-refractivity contribution in [1.29, 1.82) is 0 Å². The van der Waals surface area contributed by atoms with Crippen molar-refractivity contribution in [2.45, 2.75) is 46.6 Å². The van der Waals surface area contributed by atoms with Gasteiger partial charge in [0.15, 0.2) is 17.6 Å². The molecule has 0 radical (unpaired) electrons. The molecule has 0 aromatic heterocycles. The average Bonchev–Trinajstić information content (AvgIpc) is 2.81. The number of carboxylic acid groups (broad SMARTS) is 1. The molecular weight excluding hydrogens is 450 g/mol. The largest absolute Gasteiger partial charge is 0.493 e. The average molecular weight is 488 g/mol. The molecule has 8 nitrogen and oxygen atoms in total. The Morgan fingerprint density at radius 3 is 2.23 bits per heavy atom. The summed E-state index contributed by atoms with van der Waals surface area (Å²) in [6.45, 7) is 9.61. The molecule has 192 valence electrons. The quantitative estimate of drug-likeness (QED) is 0.423. The molecule has 0 saturated heterocycles. The maximum atomic E-state index is 12.9. The molecule has 0 aliphatic rings. The van der Waals surface area contributed by atoms with Crippen molar-refractivity contribution in [3.63, 3.8) is 0 Å². The highest BCUT2D eigenvalue weighted by molar-refractivity contribution is 5.73. The molecule has 0 spiro atoms. The van der Waals surface area contributed by atoms with Crippen LogP contribution in [-0.4, -0.2) is 61.6 Å². The minimum Gasteiger partial charge on any atom is -0.493 e. The van der Waals surface area contributed by atoms with E-state index in [-0.39, 0.29) is 18.4 Å². The third-order valence-corrected chi connectivity index (χ3v) is 5.27. The van der Waals surface area contributed by atoms with Crippen molar-refractivity contribution in [2.75, 3.05) is 33.4 Å². The van der Waals surface area contributed by atoms with Crippen LogP contribution in [-0.2, 0) is 16.0 Å². The van der Waals surface area contributed by atoms with Crippen molar-refractivity contribution < 1.29 is 33.6 Å². The van der Waals surface area contributed by atoms with Crippen molar-refractivity contribution in [3.05, 3.63) is 54.1 Å². The summed E-state index contributed by atoms with van der Waals surface area (Å²) < 4.78 is 22.0. The van der Waals surface area contributed by atoms with Crippen LogP contribution in [0.3, 0.4) is 0 Å². The molecule has 0 aliphatic heterocycles. The Morgan fingerprint density at radius 1 is 1.00 bits per heavy atom. The molecular formula is C27H37NO7. The zero-order chi connectivity index (χ0) is 25.8. The number of rotatable bonds is 13. The second-order valence-electron chi connectivity index (χ2n) is 9.30. The van der Waals surface area contributed by atoms with Crippen LogP contribution < -0.4 is 14.2 Å². The molecule has 2 aromatic rings. The van der Waals surface area contributed by atoms with E-state index in [2.05, 4.69) is 20.8 Å². The molecule has 0 bridgehead atoms. The van der Waals surface area contributed by atoms with Gasteiger partial charge >= 0.3 is 12.1 Å². The summed E-state index contributed by atoms with van der Waals surface area (Å²) in [5, 5.41) is 9.25. The van der Waals surface area contributed by atoms with Crippen molar-refractivity contribution in [3.8, 4) is 17.2 Å². The number of aliphatic carboxylic acids is 1. The number of carboxylic acids is 1. The van der Waals surface area contributed by atoms with Gasteiger partial charge in [0.05, 0.1) is 13.7 Å². The summed E-state index contributed by atoms with van der Waals surface area (Å²) in [7, 11) is 1.53. The van der Waals surface area contributed by atoms with E-state index in [1.54, 1.807) is 42.2 Å². The smallest absolute Gasteiger partial charge is 0.415 e. The Labute approximate surface area is 207 Å². The van der Waals surface area contributed by atoms with Crippen LogP contribution in [0.1, 0.15) is 39.7 Å². The Balaban J connectivity index is 1.97. The summed E-state index contributed by atoms with van der Waals surface area (Å²) in [6, 6.07) is 14.2. The van der Waals surface area contributed by atoms with E-state index in [0.29, 0.717) is 36.9 Å².